The SMILES string of the molecule is COC(=O)C(C)(C)[C@@H](N)c1cc(C)c(Br)s1. The number of ether oxygens (including phenoxy) is 1. The van der Waals surface area contributed by atoms with Gasteiger partial charge >= 0.3 is 5.97 Å². The van der Waals surface area contributed by atoms with E-state index < -0.39 is 5.41 Å². The van der Waals surface area contributed by atoms with Crippen LogP contribution in [-0.2, 0) is 9.53 Å². The van der Waals surface area contributed by atoms with Gasteiger partial charge in [0.2, 0.25) is 0 Å². The molecule has 0 bridgehead atoms. The number of methoxy groups -OCH3 is 1. The molecule has 0 aliphatic carbocycles. The molecule has 1 rings (SSSR count). The molecule has 3 nitrogen and oxygen atoms in total. The van der Waals surface area contributed by atoms with Crippen LogP contribution in [0.1, 0.15) is 30.3 Å². The van der Waals surface area contributed by atoms with Gasteiger partial charge in [-0.05, 0) is 48.3 Å². The second-order valence-corrected chi connectivity index (χ2v) is 6.70. The molecule has 0 saturated carbocycles. The molecule has 0 amide bonds. The molecule has 0 aliphatic heterocycles. The van der Waals surface area contributed by atoms with E-state index in [2.05, 4.69) is 15.9 Å². The summed E-state index contributed by atoms with van der Waals surface area (Å²) in [6, 6.07) is 1.65. The van der Waals surface area contributed by atoms with Crippen molar-refractivity contribution in [3.63, 3.8) is 0 Å². The number of nitrogens with two attached hydrogens (primary N) is 1. The van der Waals surface area contributed by atoms with Crippen molar-refractivity contribution in [1.29, 1.82) is 0 Å². The summed E-state index contributed by atoms with van der Waals surface area (Å²) in [7, 11) is 1.38. The summed E-state index contributed by atoms with van der Waals surface area (Å²) < 4.78 is 5.82. The van der Waals surface area contributed by atoms with Gasteiger partial charge in [0, 0.05) is 4.88 Å². The van der Waals surface area contributed by atoms with Gasteiger partial charge in [-0.25, -0.2) is 0 Å². The molecule has 5 heteroatoms. The molecule has 0 saturated heterocycles. The van der Waals surface area contributed by atoms with E-state index in [1.165, 1.54) is 7.11 Å². The Morgan fingerprint density at radius 2 is 2.19 bits per heavy atom. The lowest BCUT2D eigenvalue weighted by atomic mass is 9.84. The highest BCUT2D eigenvalue weighted by Gasteiger charge is 2.37. The standard InChI is InChI=1S/C11H16BrNO2S/c1-6-5-7(16-9(6)12)8(13)11(2,3)10(14)15-4/h5,8H,13H2,1-4H3/t8-/m0/s1. The van der Waals surface area contributed by atoms with Crippen molar-refractivity contribution in [1.82, 2.24) is 0 Å². The van der Waals surface area contributed by atoms with Crippen LogP contribution in [0.4, 0.5) is 0 Å². The lowest BCUT2D eigenvalue weighted by Crippen LogP contribution is -2.36. The van der Waals surface area contributed by atoms with Crippen LogP contribution in [0.15, 0.2) is 9.85 Å². The highest BCUT2D eigenvalue weighted by atomic mass is 79.9. The largest absolute Gasteiger partial charge is 0.469 e. The maximum atomic E-state index is 11.6. The molecule has 0 radical (unpaired) electrons. The number of rotatable bonds is 3. The van der Waals surface area contributed by atoms with E-state index in [9.17, 15) is 4.79 Å². The van der Waals surface area contributed by atoms with Crippen molar-refractivity contribution >= 4 is 33.2 Å². The number of hydrogen-bond donors (Lipinski definition) is 1. The Balaban J connectivity index is 3.01. The Morgan fingerprint density at radius 1 is 1.62 bits per heavy atom. The summed E-state index contributed by atoms with van der Waals surface area (Å²) in [5.74, 6) is -0.290. The highest BCUT2D eigenvalue weighted by Crippen LogP contribution is 2.38. The molecule has 0 aliphatic rings. The van der Waals surface area contributed by atoms with Crippen LogP contribution < -0.4 is 5.73 Å². The molecule has 1 atom stereocenters. The maximum Gasteiger partial charge on any atom is 0.313 e. The molecule has 0 aromatic carbocycles. The zero-order chi connectivity index (χ0) is 12.5. The lowest BCUT2D eigenvalue weighted by molar-refractivity contribution is -0.152. The van der Waals surface area contributed by atoms with Gasteiger partial charge < -0.3 is 10.5 Å². The van der Waals surface area contributed by atoms with Crippen LogP contribution in [0.25, 0.3) is 0 Å². The minimum atomic E-state index is -0.717. The monoisotopic (exact) mass is 305 g/mol. The average Bonchev–Trinajstić information content (AvgIpc) is 2.56. The van der Waals surface area contributed by atoms with Crippen molar-refractivity contribution in [2.45, 2.75) is 26.8 Å². The Kier molecular flexibility index (Phi) is 4.15. The highest BCUT2D eigenvalue weighted by molar-refractivity contribution is 9.11. The number of halogens is 1. The summed E-state index contributed by atoms with van der Waals surface area (Å²) in [5.41, 5.74) is 6.54. The predicted octanol–water partition coefficient (Wildman–Crippen LogP) is 3.02. The van der Waals surface area contributed by atoms with Crippen LogP contribution >= 0.6 is 27.3 Å². The van der Waals surface area contributed by atoms with Crippen LogP contribution in [0.5, 0.6) is 0 Å². The van der Waals surface area contributed by atoms with E-state index in [0.717, 1.165) is 14.2 Å². The minimum Gasteiger partial charge on any atom is -0.469 e. The summed E-state index contributed by atoms with van der Waals surface area (Å²) >= 11 is 5.01. The molecule has 1 heterocycles. The molecule has 2 N–H and O–H groups in total. The Labute approximate surface area is 108 Å². The number of hydrogen-bond acceptors (Lipinski definition) is 4. The van der Waals surface area contributed by atoms with Gasteiger partial charge in [-0.2, -0.15) is 0 Å². The van der Waals surface area contributed by atoms with E-state index in [-0.39, 0.29) is 12.0 Å². The van der Waals surface area contributed by atoms with E-state index in [0.29, 0.717) is 0 Å². The number of carbonyl (C=O) groups is 1. The second kappa shape index (κ2) is 4.85. The third-order valence-corrected chi connectivity index (χ3v) is 4.89. The number of thiophene rings is 1. The fourth-order valence-corrected chi connectivity index (χ4v) is 3.14. The average molecular weight is 306 g/mol. The van der Waals surface area contributed by atoms with Crippen molar-refractivity contribution in [3.8, 4) is 0 Å². The van der Waals surface area contributed by atoms with Crippen molar-refractivity contribution < 1.29 is 9.53 Å². The summed E-state index contributed by atoms with van der Waals surface area (Å²) in [5, 5.41) is 0. The summed E-state index contributed by atoms with van der Waals surface area (Å²) in [4.78, 5) is 12.6. The molecule has 1 aromatic rings. The molecule has 1 aromatic heterocycles. The summed E-state index contributed by atoms with van der Waals surface area (Å²) in [6.07, 6.45) is 0. The fraction of sp³-hybridized carbons (Fsp3) is 0.545. The summed E-state index contributed by atoms with van der Waals surface area (Å²) in [6.45, 7) is 5.60. The molecular weight excluding hydrogens is 290 g/mol. The molecule has 16 heavy (non-hydrogen) atoms. The van der Waals surface area contributed by atoms with Gasteiger partial charge in [0.15, 0.2) is 0 Å². The van der Waals surface area contributed by atoms with Gasteiger partial charge in [0.1, 0.15) is 0 Å². The predicted molar refractivity (Wildman–Crippen MR) is 69.5 cm³/mol. The van der Waals surface area contributed by atoms with Crippen molar-refractivity contribution in [3.05, 3.63) is 20.3 Å². The Hall–Kier alpha value is -0.390. The van der Waals surface area contributed by atoms with Crippen molar-refractivity contribution in [2.75, 3.05) is 7.11 Å². The molecule has 0 unspecified atom stereocenters. The minimum absolute atomic E-state index is 0.290. The molecule has 0 fully saturated rings. The van der Waals surface area contributed by atoms with Gasteiger partial charge in [-0.1, -0.05) is 0 Å². The molecular formula is C11H16BrNO2S. The zero-order valence-corrected chi connectivity index (χ0v) is 12.2. The maximum absolute atomic E-state index is 11.6. The Bertz CT molecular complexity index is 381. The zero-order valence-electron chi connectivity index (χ0n) is 9.83. The lowest BCUT2D eigenvalue weighted by Gasteiger charge is -2.27. The fourth-order valence-electron chi connectivity index (χ4n) is 1.38. The van der Waals surface area contributed by atoms with Gasteiger partial charge in [0.25, 0.3) is 0 Å². The van der Waals surface area contributed by atoms with Gasteiger partial charge in [-0.15, -0.1) is 11.3 Å². The molecule has 90 valence electrons. The quantitative estimate of drug-likeness (QED) is 0.873. The first-order valence-corrected chi connectivity index (χ1v) is 6.51. The topological polar surface area (TPSA) is 52.3 Å². The van der Waals surface area contributed by atoms with Gasteiger partial charge in [0.05, 0.1) is 22.4 Å². The Morgan fingerprint density at radius 3 is 2.56 bits per heavy atom. The number of carbonyl (C=O) groups excluding carboxylic acids is 1. The third-order valence-electron chi connectivity index (χ3n) is 2.67. The van der Waals surface area contributed by atoms with E-state index >= 15 is 0 Å². The third kappa shape index (κ3) is 2.47. The number of aryl methyl sites for hydroxylation is 1. The van der Waals surface area contributed by atoms with Crippen LogP contribution in [0, 0.1) is 12.3 Å². The van der Waals surface area contributed by atoms with E-state index in [1.807, 2.05) is 13.0 Å². The smallest absolute Gasteiger partial charge is 0.313 e. The number of esters is 1. The van der Waals surface area contributed by atoms with Crippen LogP contribution in [-0.4, -0.2) is 13.1 Å². The van der Waals surface area contributed by atoms with E-state index in [1.54, 1.807) is 25.2 Å². The first-order valence-electron chi connectivity index (χ1n) is 4.90. The van der Waals surface area contributed by atoms with Crippen LogP contribution in [0.2, 0.25) is 0 Å². The first kappa shape index (κ1) is 13.7. The first-order chi connectivity index (χ1) is 7.30. The normalized spacial score (nSPS) is 13.6. The second-order valence-electron chi connectivity index (χ2n) is 4.30. The van der Waals surface area contributed by atoms with Crippen molar-refractivity contribution in [2.24, 2.45) is 11.1 Å². The molecule has 0 spiro atoms. The van der Waals surface area contributed by atoms with E-state index in [4.69, 9.17) is 10.5 Å². The van der Waals surface area contributed by atoms with Gasteiger partial charge in [-0.3, -0.25) is 4.79 Å². The van der Waals surface area contributed by atoms with Crippen LogP contribution in [0.3, 0.4) is 0 Å².